The van der Waals surface area contributed by atoms with Crippen LogP contribution in [-0.2, 0) is 4.74 Å². The van der Waals surface area contributed by atoms with Crippen molar-refractivity contribution in [3.05, 3.63) is 40.9 Å². The van der Waals surface area contributed by atoms with Crippen molar-refractivity contribution in [1.29, 1.82) is 0 Å². The van der Waals surface area contributed by atoms with Gasteiger partial charge in [0.1, 0.15) is 5.60 Å². The fourth-order valence-electron chi connectivity index (χ4n) is 1.78. The van der Waals surface area contributed by atoms with Crippen LogP contribution in [0.1, 0.15) is 36.0 Å². The van der Waals surface area contributed by atoms with Gasteiger partial charge in [0, 0.05) is 11.1 Å². The van der Waals surface area contributed by atoms with Crippen LogP contribution in [0.25, 0.3) is 0 Å². The Hall–Kier alpha value is -2.41. The minimum Gasteiger partial charge on any atom is -0.444 e. The lowest BCUT2D eigenvalue weighted by molar-refractivity contribution is 0.0636. The van der Waals surface area contributed by atoms with Crippen molar-refractivity contribution in [3.63, 3.8) is 0 Å². The van der Waals surface area contributed by atoms with Gasteiger partial charge in [0.25, 0.3) is 5.91 Å². The number of hydrogen-bond acceptors (Lipinski definition) is 5. The molecule has 0 unspecified atom stereocenters. The van der Waals surface area contributed by atoms with Crippen molar-refractivity contribution < 1.29 is 14.3 Å². The van der Waals surface area contributed by atoms with E-state index < -0.39 is 11.7 Å². The molecule has 0 fully saturated rings. The summed E-state index contributed by atoms with van der Waals surface area (Å²) in [5.41, 5.74) is 0.110. The van der Waals surface area contributed by atoms with E-state index in [9.17, 15) is 9.59 Å². The number of carbonyl (C=O) groups is 2. The van der Waals surface area contributed by atoms with Crippen LogP contribution in [0, 0.1) is 6.92 Å². The zero-order valence-corrected chi connectivity index (χ0v) is 14.3. The van der Waals surface area contributed by atoms with E-state index in [1.807, 2.05) is 6.92 Å². The number of ether oxygens (including phenoxy) is 1. The Balaban J connectivity index is 2.13. The van der Waals surface area contributed by atoms with E-state index in [-0.39, 0.29) is 5.91 Å². The maximum Gasteiger partial charge on any atom is 0.412 e. The van der Waals surface area contributed by atoms with Crippen molar-refractivity contribution in [1.82, 2.24) is 4.98 Å². The number of anilines is 2. The van der Waals surface area contributed by atoms with E-state index in [2.05, 4.69) is 15.6 Å². The van der Waals surface area contributed by atoms with Gasteiger partial charge in [-0.25, -0.2) is 9.78 Å². The molecule has 0 radical (unpaired) electrons. The van der Waals surface area contributed by atoms with Crippen molar-refractivity contribution in [2.75, 3.05) is 10.6 Å². The molecule has 1 heterocycles. The molecule has 6 nitrogen and oxygen atoms in total. The number of rotatable bonds is 3. The molecule has 0 saturated heterocycles. The molecule has 122 valence electrons. The number of para-hydroxylation sites is 1. The lowest BCUT2D eigenvalue weighted by Gasteiger charge is -2.20. The van der Waals surface area contributed by atoms with Crippen LogP contribution in [0.4, 0.5) is 15.6 Å². The summed E-state index contributed by atoms with van der Waals surface area (Å²) in [4.78, 5) is 29.4. The highest BCUT2D eigenvalue weighted by atomic mass is 32.1. The van der Waals surface area contributed by atoms with Crippen molar-refractivity contribution in [3.8, 4) is 0 Å². The minimum atomic E-state index is -0.611. The third-order valence-corrected chi connectivity index (χ3v) is 3.48. The van der Waals surface area contributed by atoms with Gasteiger partial charge in [-0.05, 0) is 39.8 Å². The van der Waals surface area contributed by atoms with Crippen LogP contribution >= 0.6 is 11.3 Å². The van der Waals surface area contributed by atoms with E-state index in [4.69, 9.17) is 4.74 Å². The molecule has 2 amide bonds. The van der Waals surface area contributed by atoms with Crippen LogP contribution < -0.4 is 10.6 Å². The van der Waals surface area contributed by atoms with E-state index in [0.29, 0.717) is 16.4 Å². The molecular weight excluding hydrogens is 314 g/mol. The number of amides is 2. The first-order chi connectivity index (χ1) is 10.7. The Morgan fingerprint density at radius 1 is 1.17 bits per heavy atom. The monoisotopic (exact) mass is 333 g/mol. The number of aryl methyl sites for hydroxylation is 1. The molecule has 0 aliphatic heterocycles. The summed E-state index contributed by atoms with van der Waals surface area (Å²) >= 11 is 1.38. The second-order valence-corrected chi connectivity index (χ2v) is 7.14. The van der Waals surface area contributed by atoms with Gasteiger partial charge in [-0.1, -0.05) is 12.1 Å². The highest BCUT2D eigenvalue weighted by Crippen LogP contribution is 2.21. The highest BCUT2D eigenvalue weighted by Gasteiger charge is 2.19. The third-order valence-electron chi connectivity index (χ3n) is 2.65. The number of nitrogens with zero attached hydrogens (tertiary/aromatic N) is 1. The number of nitrogens with one attached hydrogen (secondary N) is 2. The molecule has 0 bridgehead atoms. The molecule has 0 saturated carbocycles. The maximum absolute atomic E-state index is 12.4. The zero-order chi connectivity index (χ0) is 17.0. The molecule has 2 rings (SSSR count). The van der Waals surface area contributed by atoms with Crippen molar-refractivity contribution in [2.45, 2.75) is 33.3 Å². The van der Waals surface area contributed by atoms with Gasteiger partial charge < -0.3 is 4.74 Å². The molecule has 7 heteroatoms. The summed E-state index contributed by atoms with van der Waals surface area (Å²) in [6, 6.07) is 6.73. The lowest BCUT2D eigenvalue weighted by atomic mass is 10.1. The predicted molar refractivity (Wildman–Crippen MR) is 91.1 cm³/mol. The maximum atomic E-state index is 12.4. The zero-order valence-electron chi connectivity index (χ0n) is 13.5. The smallest absolute Gasteiger partial charge is 0.412 e. The summed E-state index contributed by atoms with van der Waals surface area (Å²) in [6.45, 7) is 7.23. The molecule has 2 aromatic rings. The Kier molecular flexibility index (Phi) is 5.00. The average Bonchev–Trinajstić information content (AvgIpc) is 2.82. The number of thiazole rings is 1. The third kappa shape index (κ3) is 5.07. The van der Waals surface area contributed by atoms with Gasteiger partial charge in [-0.15, -0.1) is 11.3 Å². The summed E-state index contributed by atoms with van der Waals surface area (Å²) < 4.78 is 5.21. The van der Waals surface area contributed by atoms with Crippen LogP contribution in [0.3, 0.4) is 0 Å². The topological polar surface area (TPSA) is 80.3 Å². The van der Waals surface area contributed by atoms with E-state index >= 15 is 0 Å². The summed E-state index contributed by atoms with van der Waals surface area (Å²) in [7, 11) is 0. The van der Waals surface area contributed by atoms with Crippen molar-refractivity contribution >= 4 is 34.2 Å². The number of aromatic nitrogens is 1. The molecule has 0 spiro atoms. The Bertz CT molecular complexity index is 719. The Morgan fingerprint density at radius 2 is 1.87 bits per heavy atom. The summed E-state index contributed by atoms with van der Waals surface area (Å²) in [6.07, 6.45) is 1.08. The lowest BCUT2D eigenvalue weighted by Crippen LogP contribution is -2.28. The summed E-state index contributed by atoms with van der Waals surface area (Å²) in [5.74, 6) is -0.342. The number of carbonyl (C=O) groups excluding carboxylic acids is 2. The van der Waals surface area contributed by atoms with Crippen LogP contribution in [0.5, 0.6) is 0 Å². The van der Waals surface area contributed by atoms with Gasteiger partial charge >= 0.3 is 6.09 Å². The molecule has 1 aromatic heterocycles. The van der Waals surface area contributed by atoms with Gasteiger partial charge in [0.05, 0.1) is 11.3 Å². The second kappa shape index (κ2) is 6.78. The first-order valence-corrected chi connectivity index (χ1v) is 7.89. The number of benzene rings is 1. The molecule has 2 N–H and O–H groups in total. The van der Waals surface area contributed by atoms with Gasteiger partial charge in [0.15, 0.2) is 5.13 Å². The fraction of sp³-hybridized carbons (Fsp3) is 0.312. The minimum absolute atomic E-state index is 0.339. The quantitative estimate of drug-likeness (QED) is 0.888. The molecule has 23 heavy (non-hydrogen) atoms. The fourth-order valence-corrected chi connectivity index (χ4v) is 2.44. The van der Waals surface area contributed by atoms with Gasteiger partial charge in [-0.2, -0.15) is 0 Å². The second-order valence-electron chi connectivity index (χ2n) is 5.90. The average molecular weight is 333 g/mol. The predicted octanol–water partition coefficient (Wildman–Crippen LogP) is 4.05. The number of hydrogen-bond donors (Lipinski definition) is 2. The normalized spacial score (nSPS) is 11.0. The SMILES string of the molecule is Cc1cnc(NC(=O)c2ccccc2NC(=O)OC(C)(C)C)s1. The largest absolute Gasteiger partial charge is 0.444 e. The van der Waals surface area contributed by atoms with Gasteiger partial charge in [-0.3, -0.25) is 15.4 Å². The molecule has 0 aliphatic carbocycles. The molecule has 0 atom stereocenters. The van der Waals surface area contributed by atoms with E-state index in [0.717, 1.165) is 4.88 Å². The Morgan fingerprint density at radius 3 is 2.48 bits per heavy atom. The standard InChI is InChI=1S/C16H19N3O3S/c1-10-9-17-14(23-10)19-13(20)11-7-5-6-8-12(11)18-15(21)22-16(2,3)4/h5-9H,1-4H3,(H,18,21)(H,17,19,20). The van der Waals surface area contributed by atoms with Crippen LogP contribution in [0.15, 0.2) is 30.5 Å². The van der Waals surface area contributed by atoms with E-state index in [1.165, 1.54) is 11.3 Å². The van der Waals surface area contributed by atoms with Gasteiger partial charge in [0.2, 0.25) is 0 Å². The van der Waals surface area contributed by atoms with Crippen LogP contribution in [0.2, 0.25) is 0 Å². The first-order valence-electron chi connectivity index (χ1n) is 7.07. The first kappa shape index (κ1) is 17.0. The van der Waals surface area contributed by atoms with Crippen molar-refractivity contribution in [2.24, 2.45) is 0 Å². The summed E-state index contributed by atoms with van der Waals surface area (Å²) in [5, 5.41) is 5.83. The highest BCUT2D eigenvalue weighted by molar-refractivity contribution is 7.15. The van der Waals surface area contributed by atoms with E-state index in [1.54, 1.807) is 51.2 Å². The molecule has 0 aliphatic rings. The molecular formula is C16H19N3O3S. The van der Waals surface area contributed by atoms with Crippen LogP contribution in [-0.4, -0.2) is 22.6 Å². The molecule has 1 aromatic carbocycles. The Labute approximate surface area is 138 Å².